The van der Waals surface area contributed by atoms with Crippen LogP contribution in [0.3, 0.4) is 0 Å². The van der Waals surface area contributed by atoms with Crippen LogP contribution >= 0.6 is 11.3 Å². The number of alkyl halides is 3. The van der Waals surface area contributed by atoms with Crippen LogP contribution in [0.4, 0.5) is 13.2 Å². The van der Waals surface area contributed by atoms with E-state index < -0.39 is 24.0 Å². The summed E-state index contributed by atoms with van der Waals surface area (Å²) in [6, 6.07) is 8.60. The third kappa shape index (κ3) is 6.52. The van der Waals surface area contributed by atoms with Gasteiger partial charge in [0.05, 0.1) is 29.3 Å². The van der Waals surface area contributed by atoms with Crippen molar-refractivity contribution in [1.29, 1.82) is 0 Å². The number of piperidine rings is 1. The normalized spacial score (nSPS) is 18.6. The monoisotopic (exact) mass is 486 g/mol. The Labute approximate surface area is 192 Å². The number of fused-ring (bicyclic) bond motifs is 2. The summed E-state index contributed by atoms with van der Waals surface area (Å²) in [5.74, 6) is -3.91. The molecule has 1 atom stereocenters. The molecular weight excluding hydrogens is 461 g/mol. The summed E-state index contributed by atoms with van der Waals surface area (Å²) in [7, 11) is 0. The number of carboxylic acid groups (broad SMARTS) is 2. The van der Waals surface area contributed by atoms with Gasteiger partial charge < -0.3 is 19.8 Å². The van der Waals surface area contributed by atoms with E-state index in [1.54, 1.807) is 5.51 Å². The Morgan fingerprint density at radius 2 is 1.88 bits per heavy atom. The minimum Gasteiger partial charge on any atom is -0.481 e. The number of nitrogens with zero attached hydrogens (tertiary/aromatic N) is 2. The van der Waals surface area contributed by atoms with E-state index in [9.17, 15) is 23.1 Å². The predicted octanol–water partition coefficient (Wildman–Crippen LogP) is 3.58. The second-order valence-corrected chi connectivity index (χ2v) is 8.79. The quantitative estimate of drug-likeness (QED) is 0.666. The van der Waals surface area contributed by atoms with Crippen molar-refractivity contribution in [3.63, 3.8) is 0 Å². The summed E-state index contributed by atoms with van der Waals surface area (Å²) in [6.07, 6.45) is -1.75. The number of aromatic nitrogens is 1. The van der Waals surface area contributed by atoms with Gasteiger partial charge in [0.15, 0.2) is 0 Å². The van der Waals surface area contributed by atoms with Crippen LogP contribution in [-0.4, -0.2) is 64.5 Å². The predicted molar refractivity (Wildman–Crippen MR) is 114 cm³/mol. The van der Waals surface area contributed by atoms with E-state index in [1.807, 2.05) is 5.38 Å². The number of hydrogen-bond donors (Lipinski definition) is 2. The fraction of sp³-hybridized carbons (Fsp3) is 0.500. The lowest BCUT2D eigenvalue weighted by Gasteiger charge is -2.45. The first-order valence-electron chi connectivity index (χ1n) is 10.5. The zero-order valence-corrected chi connectivity index (χ0v) is 18.6. The first kappa shape index (κ1) is 25.1. The van der Waals surface area contributed by atoms with Crippen LogP contribution in [0.2, 0.25) is 0 Å². The number of ether oxygens (including phenoxy) is 1. The van der Waals surface area contributed by atoms with Crippen LogP contribution in [-0.2, 0) is 32.8 Å². The molecule has 4 rings (SSSR count). The van der Waals surface area contributed by atoms with Crippen molar-refractivity contribution in [2.75, 3.05) is 26.2 Å². The average molecular weight is 487 g/mol. The highest BCUT2D eigenvalue weighted by Gasteiger charge is 2.41. The van der Waals surface area contributed by atoms with Gasteiger partial charge in [-0.1, -0.05) is 24.3 Å². The van der Waals surface area contributed by atoms with E-state index in [-0.39, 0.29) is 5.60 Å². The molecule has 1 spiro atoms. The van der Waals surface area contributed by atoms with E-state index in [2.05, 4.69) is 34.1 Å². The topological polar surface area (TPSA) is 100.0 Å². The molecule has 1 saturated heterocycles. The summed E-state index contributed by atoms with van der Waals surface area (Å²) in [5, 5.41) is 18.7. The van der Waals surface area contributed by atoms with Crippen molar-refractivity contribution >= 4 is 23.3 Å². The van der Waals surface area contributed by atoms with E-state index in [0.29, 0.717) is 13.0 Å². The molecule has 2 aliphatic heterocycles. The zero-order chi connectivity index (χ0) is 24.1. The van der Waals surface area contributed by atoms with Crippen molar-refractivity contribution in [3.05, 3.63) is 52.0 Å². The maximum Gasteiger partial charge on any atom is 0.490 e. The highest BCUT2D eigenvalue weighted by molar-refractivity contribution is 7.07. The highest BCUT2D eigenvalue weighted by atomic mass is 32.1. The Hall–Kier alpha value is -2.50. The van der Waals surface area contributed by atoms with Gasteiger partial charge in [0.1, 0.15) is 0 Å². The number of rotatable bonds is 5. The van der Waals surface area contributed by atoms with Crippen LogP contribution in [0.5, 0.6) is 0 Å². The van der Waals surface area contributed by atoms with Crippen molar-refractivity contribution in [1.82, 2.24) is 9.88 Å². The highest BCUT2D eigenvalue weighted by Crippen LogP contribution is 2.41. The molecule has 0 radical (unpaired) electrons. The fourth-order valence-electron chi connectivity index (χ4n) is 4.26. The van der Waals surface area contributed by atoms with Gasteiger partial charge in [0, 0.05) is 31.4 Å². The Morgan fingerprint density at radius 3 is 2.45 bits per heavy atom. The van der Waals surface area contributed by atoms with Gasteiger partial charge in [-0.3, -0.25) is 4.79 Å². The summed E-state index contributed by atoms with van der Waals surface area (Å²) < 4.78 is 38.0. The van der Waals surface area contributed by atoms with Crippen molar-refractivity contribution in [2.24, 2.45) is 5.92 Å². The first-order valence-corrected chi connectivity index (χ1v) is 11.4. The molecule has 11 heteroatoms. The second kappa shape index (κ2) is 10.6. The van der Waals surface area contributed by atoms with E-state index in [1.165, 1.54) is 22.5 Å². The minimum absolute atomic E-state index is 0.182. The smallest absolute Gasteiger partial charge is 0.481 e. The summed E-state index contributed by atoms with van der Waals surface area (Å²) in [4.78, 5) is 27.1. The van der Waals surface area contributed by atoms with Crippen LogP contribution in [0.15, 0.2) is 35.2 Å². The minimum atomic E-state index is -5.08. The third-order valence-corrected chi connectivity index (χ3v) is 6.57. The molecule has 0 bridgehead atoms. The molecule has 1 unspecified atom stereocenters. The van der Waals surface area contributed by atoms with Crippen molar-refractivity contribution in [3.8, 4) is 0 Å². The maximum atomic E-state index is 11.7. The Balaban J connectivity index is 0.000000383. The number of carbonyl (C=O) groups is 2. The molecule has 0 amide bonds. The van der Waals surface area contributed by atoms with Gasteiger partial charge in [0.2, 0.25) is 0 Å². The number of aliphatic carboxylic acids is 2. The average Bonchev–Trinajstić information content (AvgIpc) is 3.28. The molecule has 180 valence electrons. The van der Waals surface area contributed by atoms with Crippen LogP contribution in [0.25, 0.3) is 0 Å². The van der Waals surface area contributed by atoms with Gasteiger partial charge in [-0.05, 0) is 30.4 Å². The molecule has 2 aliphatic rings. The Kier molecular flexibility index (Phi) is 8.09. The van der Waals surface area contributed by atoms with E-state index >= 15 is 0 Å². The van der Waals surface area contributed by atoms with E-state index in [4.69, 9.17) is 14.6 Å². The SMILES string of the molecule is O=C(O)C(Cc1cscn1)CN1CCC2(CC1)OCCc1ccccc12.O=C(O)C(F)(F)F. The Morgan fingerprint density at radius 1 is 1.21 bits per heavy atom. The largest absolute Gasteiger partial charge is 0.490 e. The summed E-state index contributed by atoms with van der Waals surface area (Å²) >= 11 is 1.51. The van der Waals surface area contributed by atoms with Gasteiger partial charge in [-0.25, -0.2) is 9.78 Å². The number of likely N-dealkylation sites (tertiary alicyclic amines) is 1. The van der Waals surface area contributed by atoms with Crippen LogP contribution in [0, 0.1) is 5.92 Å². The molecule has 2 N–H and O–H groups in total. The molecule has 1 aromatic heterocycles. The van der Waals surface area contributed by atoms with Crippen molar-refractivity contribution < 1.29 is 37.7 Å². The molecular formula is C22H25F3N2O5S. The Bertz CT molecular complexity index is 944. The number of benzene rings is 1. The maximum absolute atomic E-state index is 11.7. The molecule has 0 aliphatic carbocycles. The summed E-state index contributed by atoms with van der Waals surface area (Å²) in [5.41, 5.74) is 5.19. The number of carboxylic acids is 2. The lowest BCUT2D eigenvalue weighted by Crippen LogP contribution is -2.48. The molecule has 2 aromatic rings. The number of thiazole rings is 1. The molecule has 1 aromatic carbocycles. The van der Waals surface area contributed by atoms with Crippen molar-refractivity contribution in [2.45, 2.75) is 37.5 Å². The summed E-state index contributed by atoms with van der Waals surface area (Å²) in [6.45, 7) is 3.09. The van der Waals surface area contributed by atoms with Gasteiger partial charge >= 0.3 is 18.1 Å². The molecule has 33 heavy (non-hydrogen) atoms. The first-order chi connectivity index (χ1) is 15.6. The molecule has 7 nitrogen and oxygen atoms in total. The van der Waals surface area contributed by atoms with Gasteiger partial charge in [-0.15, -0.1) is 11.3 Å². The standard InChI is InChI=1S/C20H24N2O3S.C2HF3O2/c23-19(24)16(11-17-13-26-14-21-17)12-22-8-6-20(7-9-22)18-4-2-1-3-15(18)5-10-25-20;3-2(4,5)1(6)7/h1-4,13-14,16H,5-12H2,(H,23,24);(H,6,7). The second-order valence-electron chi connectivity index (χ2n) is 8.07. The number of halogens is 3. The van der Waals surface area contributed by atoms with Crippen LogP contribution < -0.4 is 0 Å². The number of hydrogen-bond acceptors (Lipinski definition) is 6. The zero-order valence-electron chi connectivity index (χ0n) is 17.8. The van der Waals surface area contributed by atoms with E-state index in [0.717, 1.165) is 44.7 Å². The molecule has 1 fully saturated rings. The fourth-order valence-corrected chi connectivity index (χ4v) is 4.83. The van der Waals surface area contributed by atoms with Crippen LogP contribution in [0.1, 0.15) is 29.7 Å². The lowest BCUT2D eigenvalue weighted by atomic mass is 9.79. The lowest BCUT2D eigenvalue weighted by molar-refractivity contribution is -0.192. The molecule has 0 saturated carbocycles. The van der Waals surface area contributed by atoms with Gasteiger partial charge in [0.25, 0.3) is 0 Å². The third-order valence-electron chi connectivity index (χ3n) is 5.93. The van der Waals surface area contributed by atoms with Gasteiger partial charge in [-0.2, -0.15) is 13.2 Å². The molecule has 3 heterocycles.